The second-order valence-electron chi connectivity index (χ2n) is 5.82. The summed E-state index contributed by atoms with van der Waals surface area (Å²) < 4.78 is 7.46. The molecule has 0 bridgehead atoms. The minimum Gasteiger partial charge on any atom is -0.379 e. The van der Waals surface area contributed by atoms with Gasteiger partial charge in [0, 0.05) is 36.8 Å². The Balaban J connectivity index is 1.48. The van der Waals surface area contributed by atoms with Gasteiger partial charge in [0.2, 0.25) is 0 Å². The van der Waals surface area contributed by atoms with Crippen molar-refractivity contribution in [3.63, 3.8) is 0 Å². The highest BCUT2D eigenvalue weighted by molar-refractivity contribution is 7.07. The van der Waals surface area contributed by atoms with E-state index in [0.29, 0.717) is 32.0 Å². The van der Waals surface area contributed by atoms with Gasteiger partial charge in [0.1, 0.15) is 5.69 Å². The molecule has 24 heavy (non-hydrogen) atoms. The maximum atomic E-state index is 12.5. The van der Waals surface area contributed by atoms with Crippen molar-refractivity contribution in [2.24, 2.45) is 5.92 Å². The van der Waals surface area contributed by atoms with E-state index in [4.69, 9.17) is 4.74 Å². The van der Waals surface area contributed by atoms with Crippen molar-refractivity contribution in [1.82, 2.24) is 24.5 Å². The summed E-state index contributed by atoms with van der Waals surface area (Å²) >= 11 is 1.43. The fourth-order valence-electron chi connectivity index (χ4n) is 2.93. The number of ether oxygens (including phenoxy) is 1. The summed E-state index contributed by atoms with van der Waals surface area (Å²) in [6.07, 6.45) is 4.32. The number of carbonyl (C=O) groups excluding carboxylic acids is 1. The molecule has 0 N–H and O–H groups in total. The highest BCUT2D eigenvalue weighted by atomic mass is 32.1. The maximum Gasteiger partial charge on any atom is 0.273 e. The third-order valence-electron chi connectivity index (χ3n) is 4.08. The molecule has 0 saturated carbocycles. The Kier molecular flexibility index (Phi) is 4.22. The van der Waals surface area contributed by atoms with Gasteiger partial charge in [-0.2, -0.15) is 5.10 Å². The minimum absolute atomic E-state index is 0.0234. The Labute approximate surface area is 142 Å². The molecule has 0 spiro atoms. The predicted octanol–water partition coefficient (Wildman–Crippen LogP) is 1.52. The van der Waals surface area contributed by atoms with Crippen LogP contribution in [-0.2, 0) is 11.2 Å². The number of hydrogen-bond acceptors (Lipinski definition) is 6. The van der Waals surface area contributed by atoms with Crippen LogP contribution in [0.25, 0.3) is 5.65 Å². The standard InChI is InChI=1S/C16H17N5O2S/c22-16(14-10-24-11-18-14)20-5-6-23-9-12(8-20)7-13-1-2-15-17-3-4-21(15)19-13/h1-4,10-12H,5-9H2/t12-/m1/s1. The van der Waals surface area contributed by atoms with E-state index in [1.54, 1.807) is 21.6 Å². The van der Waals surface area contributed by atoms with E-state index in [0.717, 1.165) is 17.8 Å². The van der Waals surface area contributed by atoms with Crippen LogP contribution in [0.4, 0.5) is 0 Å². The SMILES string of the molecule is O=C(c1cscn1)N1CCOC[C@H](Cc2ccc3nccn3n2)C1. The zero-order chi connectivity index (χ0) is 16.4. The van der Waals surface area contributed by atoms with Gasteiger partial charge in [0.05, 0.1) is 24.4 Å². The number of thiazole rings is 1. The van der Waals surface area contributed by atoms with Gasteiger partial charge in [-0.1, -0.05) is 0 Å². The van der Waals surface area contributed by atoms with E-state index in [1.165, 1.54) is 11.3 Å². The average Bonchev–Trinajstić information content (AvgIpc) is 3.23. The van der Waals surface area contributed by atoms with Crippen molar-refractivity contribution < 1.29 is 9.53 Å². The van der Waals surface area contributed by atoms with Crippen LogP contribution in [-0.4, -0.2) is 56.7 Å². The van der Waals surface area contributed by atoms with Gasteiger partial charge in [-0.3, -0.25) is 4.79 Å². The Morgan fingerprint density at radius 1 is 1.38 bits per heavy atom. The second-order valence-corrected chi connectivity index (χ2v) is 6.54. The monoisotopic (exact) mass is 343 g/mol. The number of nitrogens with zero attached hydrogens (tertiary/aromatic N) is 5. The van der Waals surface area contributed by atoms with Crippen molar-refractivity contribution in [3.8, 4) is 0 Å². The average molecular weight is 343 g/mol. The Bertz CT molecular complexity index is 832. The van der Waals surface area contributed by atoms with Crippen molar-refractivity contribution >= 4 is 22.9 Å². The van der Waals surface area contributed by atoms with Crippen LogP contribution in [0.3, 0.4) is 0 Å². The molecule has 1 aliphatic rings. The highest BCUT2D eigenvalue weighted by Crippen LogP contribution is 2.15. The first-order chi connectivity index (χ1) is 11.8. The van der Waals surface area contributed by atoms with E-state index in [1.807, 2.05) is 23.2 Å². The molecule has 4 rings (SSSR count). The molecule has 0 aliphatic carbocycles. The fourth-order valence-corrected chi connectivity index (χ4v) is 3.45. The zero-order valence-electron chi connectivity index (χ0n) is 13.0. The van der Waals surface area contributed by atoms with E-state index in [9.17, 15) is 4.79 Å². The lowest BCUT2D eigenvalue weighted by atomic mass is 10.0. The molecule has 0 aromatic carbocycles. The molecule has 4 heterocycles. The van der Waals surface area contributed by atoms with Crippen molar-refractivity contribution in [1.29, 1.82) is 0 Å². The number of hydrogen-bond donors (Lipinski definition) is 0. The molecular weight excluding hydrogens is 326 g/mol. The molecule has 3 aromatic rings. The van der Waals surface area contributed by atoms with Gasteiger partial charge < -0.3 is 9.64 Å². The van der Waals surface area contributed by atoms with Crippen LogP contribution in [0.15, 0.2) is 35.4 Å². The number of fused-ring (bicyclic) bond motifs is 1. The van der Waals surface area contributed by atoms with E-state index in [-0.39, 0.29) is 11.8 Å². The Morgan fingerprint density at radius 3 is 3.21 bits per heavy atom. The van der Waals surface area contributed by atoms with Crippen molar-refractivity contribution in [3.05, 3.63) is 46.8 Å². The van der Waals surface area contributed by atoms with Crippen molar-refractivity contribution in [2.45, 2.75) is 6.42 Å². The van der Waals surface area contributed by atoms with Gasteiger partial charge in [-0.15, -0.1) is 11.3 Å². The van der Waals surface area contributed by atoms with Crippen LogP contribution in [0.5, 0.6) is 0 Å². The number of rotatable bonds is 3. The lowest BCUT2D eigenvalue weighted by Crippen LogP contribution is -2.36. The molecule has 1 atom stereocenters. The fraction of sp³-hybridized carbons (Fsp3) is 0.375. The third-order valence-corrected chi connectivity index (χ3v) is 4.67. The summed E-state index contributed by atoms with van der Waals surface area (Å²) in [7, 11) is 0. The number of amides is 1. The summed E-state index contributed by atoms with van der Waals surface area (Å²) in [5.41, 5.74) is 4.00. The summed E-state index contributed by atoms with van der Waals surface area (Å²) in [6.45, 7) is 2.44. The number of imidazole rings is 1. The predicted molar refractivity (Wildman–Crippen MR) is 89.0 cm³/mol. The van der Waals surface area contributed by atoms with Crippen molar-refractivity contribution in [2.75, 3.05) is 26.3 Å². The van der Waals surface area contributed by atoms with Gasteiger partial charge >= 0.3 is 0 Å². The normalized spacial score (nSPS) is 18.7. The second kappa shape index (κ2) is 6.66. The van der Waals surface area contributed by atoms with Gasteiger partial charge in [0.15, 0.2) is 5.65 Å². The van der Waals surface area contributed by atoms with Crippen LogP contribution < -0.4 is 0 Å². The summed E-state index contributed by atoms with van der Waals surface area (Å²) in [6, 6.07) is 3.94. The smallest absolute Gasteiger partial charge is 0.273 e. The minimum atomic E-state index is -0.0234. The Morgan fingerprint density at radius 2 is 2.33 bits per heavy atom. The molecule has 0 unspecified atom stereocenters. The van der Waals surface area contributed by atoms with Gasteiger partial charge in [0.25, 0.3) is 5.91 Å². The maximum absolute atomic E-state index is 12.5. The van der Waals surface area contributed by atoms with Crippen LogP contribution in [0.1, 0.15) is 16.2 Å². The largest absolute Gasteiger partial charge is 0.379 e. The first-order valence-electron chi connectivity index (χ1n) is 7.84. The van der Waals surface area contributed by atoms with E-state index in [2.05, 4.69) is 15.1 Å². The molecule has 1 aliphatic heterocycles. The highest BCUT2D eigenvalue weighted by Gasteiger charge is 2.25. The summed E-state index contributed by atoms with van der Waals surface area (Å²) in [5.74, 6) is 0.188. The first-order valence-corrected chi connectivity index (χ1v) is 8.78. The lowest BCUT2D eigenvalue weighted by Gasteiger charge is -2.22. The molecule has 124 valence electrons. The van der Waals surface area contributed by atoms with Crippen LogP contribution in [0, 0.1) is 5.92 Å². The molecule has 1 fully saturated rings. The molecule has 8 heteroatoms. The molecule has 1 amide bonds. The zero-order valence-corrected chi connectivity index (χ0v) is 13.9. The molecule has 1 saturated heterocycles. The third kappa shape index (κ3) is 3.15. The van der Waals surface area contributed by atoms with Gasteiger partial charge in [-0.05, 0) is 18.6 Å². The molecule has 0 radical (unpaired) electrons. The molecule has 7 nitrogen and oxygen atoms in total. The summed E-state index contributed by atoms with van der Waals surface area (Å²) in [4.78, 5) is 22.7. The van der Waals surface area contributed by atoms with E-state index < -0.39 is 0 Å². The number of aromatic nitrogens is 4. The number of carbonyl (C=O) groups is 1. The van der Waals surface area contributed by atoms with Gasteiger partial charge in [-0.25, -0.2) is 14.5 Å². The molecular formula is C16H17N5O2S. The Hall–Kier alpha value is -2.32. The topological polar surface area (TPSA) is 72.6 Å². The first kappa shape index (κ1) is 15.2. The molecule has 3 aromatic heterocycles. The van der Waals surface area contributed by atoms with Crippen LogP contribution >= 0.6 is 11.3 Å². The quantitative estimate of drug-likeness (QED) is 0.721. The lowest BCUT2D eigenvalue weighted by molar-refractivity contribution is 0.0732. The van der Waals surface area contributed by atoms with E-state index >= 15 is 0 Å². The van der Waals surface area contributed by atoms with Crippen LogP contribution in [0.2, 0.25) is 0 Å². The summed E-state index contributed by atoms with van der Waals surface area (Å²) in [5, 5.41) is 6.35.